The van der Waals surface area contributed by atoms with Crippen LogP contribution in [0.1, 0.15) is 28.0 Å². The summed E-state index contributed by atoms with van der Waals surface area (Å²) in [5.74, 6) is 0.0649. The molecule has 0 unspecified atom stereocenters. The number of rotatable bonds is 4. The zero-order valence-electron chi connectivity index (χ0n) is 12.5. The van der Waals surface area contributed by atoms with Crippen molar-refractivity contribution in [2.75, 3.05) is 5.32 Å². The van der Waals surface area contributed by atoms with E-state index in [-0.39, 0.29) is 5.91 Å². The van der Waals surface area contributed by atoms with E-state index in [0.29, 0.717) is 32.7 Å². The number of hydrogen-bond acceptors (Lipinski definition) is 6. The largest absolute Gasteiger partial charge is 0.360 e. The van der Waals surface area contributed by atoms with Crippen molar-refractivity contribution in [1.82, 2.24) is 15.4 Å². The Morgan fingerprint density at radius 3 is 2.83 bits per heavy atom. The third-order valence-electron chi connectivity index (χ3n) is 3.21. The summed E-state index contributed by atoms with van der Waals surface area (Å²) in [5, 5.41) is 16.4. The van der Waals surface area contributed by atoms with Crippen LogP contribution in [0.5, 0.6) is 0 Å². The van der Waals surface area contributed by atoms with Crippen molar-refractivity contribution in [2.45, 2.75) is 20.3 Å². The summed E-state index contributed by atoms with van der Waals surface area (Å²) in [6, 6.07) is 7.16. The number of nitrogens with one attached hydrogen (secondary N) is 1. The van der Waals surface area contributed by atoms with Crippen molar-refractivity contribution in [3.8, 4) is 11.3 Å². The summed E-state index contributed by atoms with van der Waals surface area (Å²) < 4.78 is 5.19. The van der Waals surface area contributed by atoms with Gasteiger partial charge in [-0.05, 0) is 19.4 Å². The minimum Gasteiger partial charge on any atom is -0.360 e. The average molecular weight is 349 g/mol. The van der Waals surface area contributed by atoms with Gasteiger partial charge in [0.15, 0.2) is 0 Å². The van der Waals surface area contributed by atoms with Crippen molar-refractivity contribution in [2.24, 2.45) is 0 Å². The molecule has 3 aromatic rings. The van der Waals surface area contributed by atoms with Gasteiger partial charge in [-0.15, -0.1) is 10.2 Å². The van der Waals surface area contributed by atoms with Crippen LogP contribution in [-0.4, -0.2) is 21.3 Å². The second kappa shape index (κ2) is 6.47. The van der Waals surface area contributed by atoms with E-state index in [1.165, 1.54) is 11.3 Å². The maximum atomic E-state index is 12.6. The lowest BCUT2D eigenvalue weighted by atomic mass is 10.1. The Morgan fingerprint density at radius 2 is 2.13 bits per heavy atom. The van der Waals surface area contributed by atoms with Crippen molar-refractivity contribution in [1.29, 1.82) is 0 Å². The van der Waals surface area contributed by atoms with Gasteiger partial charge in [-0.2, -0.15) is 0 Å². The fourth-order valence-electron chi connectivity index (χ4n) is 2.08. The van der Waals surface area contributed by atoms with Gasteiger partial charge in [0, 0.05) is 5.56 Å². The minimum atomic E-state index is -0.350. The second-order valence-corrected chi connectivity index (χ2v) is 6.22. The Morgan fingerprint density at radius 1 is 1.35 bits per heavy atom. The third kappa shape index (κ3) is 3.11. The minimum absolute atomic E-state index is 0.339. The molecule has 6 nitrogen and oxygen atoms in total. The molecule has 0 atom stereocenters. The lowest BCUT2D eigenvalue weighted by molar-refractivity contribution is 0.102. The third-order valence-corrected chi connectivity index (χ3v) is 4.52. The zero-order valence-corrected chi connectivity index (χ0v) is 14.0. The quantitative estimate of drug-likeness (QED) is 0.771. The van der Waals surface area contributed by atoms with E-state index >= 15 is 0 Å². The number of aromatic nitrogens is 3. The van der Waals surface area contributed by atoms with Crippen LogP contribution in [0.2, 0.25) is 5.02 Å². The van der Waals surface area contributed by atoms with Gasteiger partial charge in [0.2, 0.25) is 5.13 Å². The average Bonchev–Trinajstić information content (AvgIpc) is 3.14. The molecule has 3 rings (SSSR count). The van der Waals surface area contributed by atoms with E-state index in [9.17, 15) is 4.79 Å². The molecule has 23 heavy (non-hydrogen) atoms. The molecule has 0 saturated carbocycles. The van der Waals surface area contributed by atoms with Crippen molar-refractivity contribution in [3.05, 3.63) is 45.6 Å². The fraction of sp³-hybridized carbons (Fsp3) is 0.200. The Balaban J connectivity index is 1.95. The summed E-state index contributed by atoms with van der Waals surface area (Å²) in [7, 11) is 0. The first-order valence-corrected chi connectivity index (χ1v) is 8.14. The topological polar surface area (TPSA) is 80.9 Å². The molecule has 1 aromatic carbocycles. The predicted molar refractivity (Wildman–Crippen MR) is 88.9 cm³/mol. The van der Waals surface area contributed by atoms with E-state index in [0.717, 1.165) is 11.4 Å². The van der Waals surface area contributed by atoms with Crippen LogP contribution >= 0.6 is 22.9 Å². The summed E-state index contributed by atoms with van der Waals surface area (Å²) in [5.41, 5.74) is 1.39. The molecule has 0 saturated heterocycles. The SMILES string of the molecule is CCc1nnc(NC(=O)c2c(-c3ccccc3Cl)noc2C)s1. The molecule has 2 aromatic heterocycles. The highest BCUT2D eigenvalue weighted by molar-refractivity contribution is 7.15. The Labute approximate surface area is 141 Å². The summed E-state index contributed by atoms with van der Waals surface area (Å²) in [6.45, 7) is 3.66. The highest BCUT2D eigenvalue weighted by atomic mass is 35.5. The monoisotopic (exact) mass is 348 g/mol. The van der Waals surface area contributed by atoms with Crippen molar-refractivity contribution >= 4 is 34.0 Å². The number of carbonyl (C=O) groups is 1. The Bertz CT molecular complexity index is 859. The molecule has 1 amide bonds. The number of aryl methyl sites for hydroxylation is 2. The molecule has 0 spiro atoms. The second-order valence-electron chi connectivity index (χ2n) is 4.75. The van der Waals surface area contributed by atoms with Gasteiger partial charge in [0.05, 0.1) is 5.02 Å². The van der Waals surface area contributed by atoms with Gasteiger partial charge in [0.1, 0.15) is 22.0 Å². The number of carbonyl (C=O) groups excluding carboxylic acids is 1. The zero-order chi connectivity index (χ0) is 16.4. The van der Waals surface area contributed by atoms with Crippen LogP contribution in [0.4, 0.5) is 5.13 Å². The molecule has 0 radical (unpaired) electrons. The first-order chi connectivity index (χ1) is 11.1. The molecule has 0 aliphatic rings. The molecule has 2 heterocycles. The van der Waals surface area contributed by atoms with Crippen LogP contribution in [0.3, 0.4) is 0 Å². The molecule has 1 N–H and O–H groups in total. The number of amides is 1. The molecule has 118 valence electrons. The first-order valence-electron chi connectivity index (χ1n) is 6.95. The highest BCUT2D eigenvalue weighted by Crippen LogP contribution is 2.31. The number of nitrogens with zero attached hydrogens (tertiary/aromatic N) is 3. The van der Waals surface area contributed by atoms with Crippen LogP contribution in [0.25, 0.3) is 11.3 Å². The van der Waals surface area contributed by atoms with E-state index in [4.69, 9.17) is 16.1 Å². The van der Waals surface area contributed by atoms with Gasteiger partial charge in [0.25, 0.3) is 5.91 Å². The highest BCUT2D eigenvalue weighted by Gasteiger charge is 2.23. The van der Waals surface area contributed by atoms with Crippen LogP contribution < -0.4 is 5.32 Å². The number of anilines is 1. The normalized spacial score (nSPS) is 10.7. The molecular formula is C15H13ClN4O2S. The number of halogens is 1. The van der Waals surface area contributed by atoms with Gasteiger partial charge in [-0.1, -0.05) is 53.2 Å². The summed E-state index contributed by atoms with van der Waals surface area (Å²) >= 11 is 7.53. The number of benzene rings is 1. The fourth-order valence-corrected chi connectivity index (χ4v) is 2.98. The smallest absolute Gasteiger partial charge is 0.263 e. The van der Waals surface area contributed by atoms with Crippen LogP contribution in [0.15, 0.2) is 28.8 Å². The first kappa shape index (κ1) is 15.6. The molecule has 0 aliphatic heterocycles. The standard InChI is InChI=1S/C15H13ClN4O2S/c1-3-11-18-19-15(23-11)17-14(21)12-8(2)22-20-13(12)9-6-4-5-7-10(9)16/h4-7H,3H2,1-2H3,(H,17,19,21). The van der Waals surface area contributed by atoms with Crippen LogP contribution in [-0.2, 0) is 6.42 Å². The molecule has 0 bridgehead atoms. The maximum absolute atomic E-state index is 12.6. The van der Waals surface area contributed by atoms with Gasteiger partial charge in [-0.3, -0.25) is 10.1 Å². The Hall–Kier alpha value is -2.25. The molecule has 0 fully saturated rings. The number of hydrogen-bond donors (Lipinski definition) is 1. The Kier molecular flexibility index (Phi) is 4.40. The van der Waals surface area contributed by atoms with Crippen LogP contribution in [0, 0.1) is 6.92 Å². The van der Waals surface area contributed by atoms with Crippen molar-refractivity contribution < 1.29 is 9.32 Å². The van der Waals surface area contributed by atoms with Crippen molar-refractivity contribution in [3.63, 3.8) is 0 Å². The van der Waals surface area contributed by atoms with Gasteiger partial charge >= 0.3 is 0 Å². The van der Waals surface area contributed by atoms with E-state index in [2.05, 4.69) is 20.7 Å². The summed E-state index contributed by atoms with van der Waals surface area (Å²) in [4.78, 5) is 12.6. The summed E-state index contributed by atoms with van der Waals surface area (Å²) in [6.07, 6.45) is 0.769. The lowest BCUT2D eigenvalue weighted by Gasteiger charge is -2.04. The lowest BCUT2D eigenvalue weighted by Crippen LogP contribution is -2.13. The maximum Gasteiger partial charge on any atom is 0.263 e. The molecular weight excluding hydrogens is 336 g/mol. The van der Waals surface area contributed by atoms with Gasteiger partial charge in [-0.25, -0.2) is 0 Å². The van der Waals surface area contributed by atoms with E-state index in [1.54, 1.807) is 19.1 Å². The van der Waals surface area contributed by atoms with E-state index in [1.807, 2.05) is 19.1 Å². The van der Waals surface area contributed by atoms with E-state index < -0.39 is 0 Å². The molecule has 0 aliphatic carbocycles. The predicted octanol–water partition coefficient (Wildman–Crippen LogP) is 3.97. The van der Waals surface area contributed by atoms with Gasteiger partial charge < -0.3 is 4.52 Å². The molecule has 8 heteroatoms.